The number of ether oxygens (including phenoxy) is 2. The number of carbonyl (C=O) groups is 2. The molecule has 2 unspecified atom stereocenters. The first-order valence-electron chi connectivity index (χ1n) is 8.29. The van der Waals surface area contributed by atoms with Gasteiger partial charge in [-0.1, -0.05) is 18.2 Å². The number of hydrogen-bond acceptors (Lipinski definition) is 4. The molecular weight excluding hydrogens is 318 g/mol. The molecule has 2 aliphatic rings. The molecule has 4 rings (SSSR count). The third kappa shape index (κ3) is 2.38. The lowest BCUT2D eigenvalue weighted by molar-refractivity contribution is -0.119. The average Bonchev–Trinajstić information content (AvgIpc) is 2.90. The van der Waals surface area contributed by atoms with Crippen LogP contribution in [0.1, 0.15) is 33.9 Å². The first-order chi connectivity index (χ1) is 12.1. The quantitative estimate of drug-likeness (QED) is 0.864. The van der Waals surface area contributed by atoms with Crippen molar-refractivity contribution in [2.75, 3.05) is 14.2 Å². The fourth-order valence-corrected chi connectivity index (χ4v) is 3.91. The van der Waals surface area contributed by atoms with Crippen LogP contribution >= 0.6 is 0 Å². The lowest BCUT2D eigenvalue weighted by Gasteiger charge is -2.35. The van der Waals surface area contributed by atoms with Gasteiger partial charge in [-0.15, -0.1) is 0 Å². The van der Waals surface area contributed by atoms with Crippen molar-refractivity contribution in [2.24, 2.45) is 0 Å². The number of Topliss-reactive ketones (excluding diaryl/α,β-unsaturated/α-hetero) is 1. The van der Waals surface area contributed by atoms with Gasteiger partial charge in [0.05, 0.1) is 26.3 Å². The van der Waals surface area contributed by atoms with Gasteiger partial charge in [-0.05, 0) is 35.4 Å². The molecule has 2 heterocycles. The number of hydrogen-bond donors (Lipinski definition) is 0. The van der Waals surface area contributed by atoms with Gasteiger partial charge in [-0.2, -0.15) is 0 Å². The Morgan fingerprint density at radius 2 is 1.68 bits per heavy atom. The molecule has 1 amide bonds. The standard InChI is InChI=1S/C20H19NO4/c1-24-18-9-13-8-16-17(22)11-15(14(13)10-19(18)25-2)21(16)20(23)12-6-4-3-5-7-12/h3-7,9-10,15-16H,8,11H2,1-2H3. The molecule has 0 aromatic heterocycles. The summed E-state index contributed by atoms with van der Waals surface area (Å²) in [6, 6.07) is 12.3. The predicted octanol–water partition coefficient (Wildman–Crippen LogP) is 2.78. The van der Waals surface area contributed by atoms with Gasteiger partial charge in [0.2, 0.25) is 0 Å². The van der Waals surface area contributed by atoms with Gasteiger partial charge in [-0.25, -0.2) is 0 Å². The minimum atomic E-state index is -0.400. The second-order valence-corrected chi connectivity index (χ2v) is 6.39. The Labute approximate surface area is 146 Å². The third-order valence-corrected chi connectivity index (χ3v) is 5.11. The fraction of sp³-hybridized carbons (Fsp3) is 0.300. The summed E-state index contributed by atoms with van der Waals surface area (Å²) in [6.07, 6.45) is 0.870. The molecule has 128 valence electrons. The van der Waals surface area contributed by atoms with Gasteiger partial charge in [0, 0.05) is 18.4 Å². The summed E-state index contributed by atoms with van der Waals surface area (Å²) in [4.78, 5) is 27.3. The van der Waals surface area contributed by atoms with E-state index >= 15 is 0 Å². The van der Waals surface area contributed by atoms with Gasteiger partial charge >= 0.3 is 0 Å². The highest BCUT2D eigenvalue weighted by molar-refractivity contribution is 6.01. The van der Waals surface area contributed by atoms with Gasteiger partial charge < -0.3 is 14.4 Å². The number of benzene rings is 2. The zero-order valence-electron chi connectivity index (χ0n) is 14.2. The van der Waals surface area contributed by atoms with Crippen LogP contribution in [0.3, 0.4) is 0 Å². The molecule has 2 aliphatic heterocycles. The van der Waals surface area contributed by atoms with E-state index in [1.54, 1.807) is 31.3 Å². The van der Waals surface area contributed by atoms with Crippen molar-refractivity contribution in [3.63, 3.8) is 0 Å². The minimum absolute atomic E-state index is 0.0955. The van der Waals surface area contributed by atoms with E-state index < -0.39 is 6.04 Å². The smallest absolute Gasteiger partial charge is 0.255 e. The monoisotopic (exact) mass is 337 g/mol. The second kappa shape index (κ2) is 5.92. The molecule has 0 spiro atoms. The normalized spacial score (nSPS) is 21.0. The van der Waals surface area contributed by atoms with Crippen LogP contribution in [0.15, 0.2) is 42.5 Å². The minimum Gasteiger partial charge on any atom is -0.493 e. The molecule has 0 saturated carbocycles. The lowest BCUT2D eigenvalue weighted by Crippen LogP contribution is -2.43. The van der Waals surface area contributed by atoms with Crippen molar-refractivity contribution in [1.29, 1.82) is 0 Å². The summed E-state index contributed by atoms with van der Waals surface area (Å²) in [5.74, 6) is 1.28. The molecule has 2 bridgehead atoms. The van der Waals surface area contributed by atoms with Crippen molar-refractivity contribution < 1.29 is 19.1 Å². The highest BCUT2D eigenvalue weighted by atomic mass is 16.5. The van der Waals surface area contributed by atoms with E-state index in [0.717, 1.165) is 11.1 Å². The zero-order valence-corrected chi connectivity index (χ0v) is 14.2. The number of nitrogens with zero attached hydrogens (tertiary/aromatic N) is 1. The maximum absolute atomic E-state index is 13.0. The summed E-state index contributed by atoms with van der Waals surface area (Å²) in [5.41, 5.74) is 2.63. The van der Waals surface area contributed by atoms with E-state index in [0.29, 0.717) is 29.9 Å². The summed E-state index contributed by atoms with van der Waals surface area (Å²) in [5, 5.41) is 0. The SMILES string of the molecule is COc1cc2c(cc1OC)C1CC(=O)C(C2)N1C(=O)c1ccccc1. The number of carbonyl (C=O) groups excluding carboxylic acids is 2. The van der Waals surface area contributed by atoms with E-state index in [-0.39, 0.29) is 17.7 Å². The van der Waals surface area contributed by atoms with E-state index in [1.807, 2.05) is 30.3 Å². The zero-order chi connectivity index (χ0) is 17.6. The Bertz CT molecular complexity index is 846. The largest absolute Gasteiger partial charge is 0.493 e. The lowest BCUT2D eigenvalue weighted by atomic mass is 9.92. The van der Waals surface area contributed by atoms with Gasteiger partial charge in [0.25, 0.3) is 5.91 Å². The number of ketones is 1. The van der Waals surface area contributed by atoms with E-state index in [9.17, 15) is 9.59 Å². The number of rotatable bonds is 3. The van der Waals surface area contributed by atoms with Gasteiger partial charge in [0.1, 0.15) is 0 Å². The molecule has 25 heavy (non-hydrogen) atoms. The first kappa shape index (κ1) is 15.7. The Balaban J connectivity index is 1.78. The maximum atomic E-state index is 13.0. The van der Waals surface area contributed by atoms with Gasteiger partial charge in [0.15, 0.2) is 17.3 Å². The molecule has 2 aromatic carbocycles. The number of amides is 1. The third-order valence-electron chi connectivity index (χ3n) is 5.11. The van der Waals surface area contributed by atoms with Crippen molar-refractivity contribution >= 4 is 11.7 Å². The number of methoxy groups -OCH3 is 2. The Kier molecular flexibility index (Phi) is 3.71. The summed E-state index contributed by atoms with van der Waals surface area (Å²) < 4.78 is 10.8. The van der Waals surface area contributed by atoms with Crippen molar-refractivity contribution in [2.45, 2.75) is 24.9 Å². The molecule has 5 nitrogen and oxygen atoms in total. The Hall–Kier alpha value is -2.82. The van der Waals surface area contributed by atoms with Crippen LogP contribution in [0.25, 0.3) is 0 Å². The fourth-order valence-electron chi connectivity index (χ4n) is 3.91. The molecule has 5 heteroatoms. The molecule has 2 aromatic rings. The van der Waals surface area contributed by atoms with Crippen LogP contribution in [0, 0.1) is 0 Å². The number of fused-ring (bicyclic) bond motifs is 4. The molecular formula is C20H19NO4. The van der Waals surface area contributed by atoms with Crippen LogP contribution in [-0.2, 0) is 11.2 Å². The topological polar surface area (TPSA) is 55.8 Å². The van der Waals surface area contributed by atoms with Crippen LogP contribution in [0.4, 0.5) is 0 Å². The Morgan fingerprint density at radius 3 is 2.36 bits per heavy atom. The van der Waals surface area contributed by atoms with E-state index in [1.165, 1.54) is 0 Å². The van der Waals surface area contributed by atoms with E-state index in [2.05, 4.69) is 0 Å². The summed E-state index contributed by atoms with van der Waals surface area (Å²) >= 11 is 0. The molecule has 2 atom stereocenters. The predicted molar refractivity (Wildman–Crippen MR) is 92.0 cm³/mol. The van der Waals surface area contributed by atoms with Crippen molar-refractivity contribution in [3.05, 3.63) is 59.2 Å². The Morgan fingerprint density at radius 1 is 1.00 bits per heavy atom. The average molecular weight is 337 g/mol. The van der Waals surface area contributed by atoms with Crippen molar-refractivity contribution in [1.82, 2.24) is 4.90 Å². The maximum Gasteiger partial charge on any atom is 0.255 e. The summed E-state index contributed by atoms with van der Waals surface area (Å²) in [6.45, 7) is 0. The van der Waals surface area contributed by atoms with Crippen LogP contribution in [0.5, 0.6) is 11.5 Å². The summed E-state index contributed by atoms with van der Waals surface area (Å²) in [7, 11) is 3.18. The molecule has 1 fully saturated rings. The highest BCUT2D eigenvalue weighted by Crippen LogP contribution is 2.46. The van der Waals surface area contributed by atoms with Crippen molar-refractivity contribution in [3.8, 4) is 11.5 Å². The molecule has 1 saturated heterocycles. The van der Waals surface area contributed by atoms with Crippen LogP contribution in [-0.4, -0.2) is 36.9 Å². The molecule has 0 radical (unpaired) electrons. The second-order valence-electron chi connectivity index (χ2n) is 6.39. The van der Waals surface area contributed by atoms with Crippen LogP contribution in [0.2, 0.25) is 0 Å². The van der Waals surface area contributed by atoms with Gasteiger partial charge in [-0.3, -0.25) is 9.59 Å². The highest BCUT2D eigenvalue weighted by Gasteiger charge is 2.48. The molecule has 0 aliphatic carbocycles. The molecule has 0 N–H and O–H groups in total. The van der Waals surface area contributed by atoms with Crippen LogP contribution < -0.4 is 9.47 Å². The first-order valence-corrected chi connectivity index (χ1v) is 8.29. The van der Waals surface area contributed by atoms with E-state index in [4.69, 9.17) is 9.47 Å².